The van der Waals surface area contributed by atoms with E-state index in [1.165, 1.54) is 0 Å². The van der Waals surface area contributed by atoms with Crippen LogP contribution in [-0.4, -0.2) is 40.6 Å². The van der Waals surface area contributed by atoms with E-state index in [0.717, 1.165) is 18.4 Å². The van der Waals surface area contributed by atoms with Gasteiger partial charge in [-0.2, -0.15) is 0 Å². The van der Waals surface area contributed by atoms with Gasteiger partial charge in [-0.1, -0.05) is 30.3 Å². The fourth-order valence-electron chi connectivity index (χ4n) is 2.57. The maximum Gasteiger partial charge on any atom is 0.253 e. The number of pyridine rings is 1. The van der Waals surface area contributed by atoms with Gasteiger partial charge in [0.2, 0.25) is 5.88 Å². The van der Waals surface area contributed by atoms with E-state index in [2.05, 4.69) is 4.98 Å². The second-order valence-corrected chi connectivity index (χ2v) is 6.25. The number of carbonyl (C=O) groups excluding carboxylic acids is 1. The van der Waals surface area contributed by atoms with Crippen molar-refractivity contribution in [3.63, 3.8) is 0 Å². The monoisotopic (exact) mass is 326 g/mol. The number of hydrogen-bond donors (Lipinski definition) is 1. The molecule has 1 heterocycles. The van der Waals surface area contributed by atoms with Gasteiger partial charge >= 0.3 is 0 Å². The van der Waals surface area contributed by atoms with Gasteiger partial charge in [-0.05, 0) is 30.4 Å². The Bertz CT molecular complexity index is 686. The summed E-state index contributed by atoms with van der Waals surface area (Å²) >= 11 is 0. The zero-order valence-electron chi connectivity index (χ0n) is 13.8. The van der Waals surface area contributed by atoms with E-state index < -0.39 is 6.10 Å². The molecule has 0 aliphatic heterocycles. The molecule has 0 bridgehead atoms. The largest absolute Gasteiger partial charge is 0.473 e. The highest BCUT2D eigenvalue weighted by Crippen LogP contribution is 2.32. The third-order valence-corrected chi connectivity index (χ3v) is 4.19. The summed E-state index contributed by atoms with van der Waals surface area (Å²) in [6.07, 6.45) is 3.24. The predicted octanol–water partition coefficient (Wildman–Crippen LogP) is 2.50. The van der Waals surface area contributed by atoms with Gasteiger partial charge in [0.1, 0.15) is 6.61 Å². The zero-order valence-corrected chi connectivity index (χ0v) is 13.8. The Hall–Kier alpha value is -2.40. The molecule has 1 saturated carbocycles. The van der Waals surface area contributed by atoms with Crippen LogP contribution in [-0.2, 0) is 6.61 Å². The highest BCUT2D eigenvalue weighted by Gasteiger charge is 2.31. The number of rotatable bonds is 7. The van der Waals surface area contributed by atoms with Crippen molar-refractivity contribution in [2.75, 3.05) is 13.6 Å². The van der Waals surface area contributed by atoms with E-state index >= 15 is 0 Å². The smallest absolute Gasteiger partial charge is 0.253 e. The molecule has 5 heteroatoms. The summed E-state index contributed by atoms with van der Waals surface area (Å²) in [4.78, 5) is 18.2. The van der Waals surface area contributed by atoms with Crippen LogP contribution in [0, 0.1) is 5.92 Å². The standard InChI is InChI=1S/C19H22N2O3/c1-21(12-17(22)15-7-8-15)19(23)16-9-10-20-18(11-16)24-13-14-5-3-2-4-6-14/h2-6,9-11,15,17,22H,7-8,12-13H2,1H3. The third kappa shape index (κ3) is 4.32. The van der Waals surface area contributed by atoms with Gasteiger partial charge in [0.15, 0.2) is 0 Å². The summed E-state index contributed by atoms with van der Waals surface area (Å²) in [6, 6.07) is 13.1. The maximum absolute atomic E-state index is 12.5. The lowest BCUT2D eigenvalue weighted by Crippen LogP contribution is -2.35. The van der Waals surface area contributed by atoms with Gasteiger partial charge in [-0.3, -0.25) is 4.79 Å². The van der Waals surface area contributed by atoms with Gasteiger partial charge < -0.3 is 14.7 Å². The Morgan fingerprint density at radius 1 is 1.33 bits per heavy atom. The molecule has 1 atom stereocenters. The van der Waals surface area contributed by atoms with Crippen LogP contribution < -0.4 is 4.74 Å². The van der Waals surface area contributed by atoms with E-state index in [0.29, 0.717) is 30.5 Å². The van der Waals surface area contributed by atoms with Crippen LogP contribution in [0.1, 0.15) is 28.8 Å². The van der Waals surface area contributed by atoms with Crippen molar-refractivity contribution in [1.82, 2.24) is 9.88 Å². The van der Waals surface area contributed by atoms with Crippen molar-refractivity contribution in [2.24, 2.45) is 5.92 Å². The van der Waals surface area contributed by atoms with E-state index in [-0.39, 0.29) is 5.91 Å². The van der Waals surface area contributed by atoms with Crippen molar-refractivity contribution < 1.29 is 14.6 Å². The number of benzene rings is 1. The van der Waals surface area contributed by atoms with Crippen LogP contribution in [0.5, 0.6) is 5.88 Å². The first-order chi connectivity index (χ1) is 11.6. The number of hydrogen-bond acceptors (Lipinski definition) is 4. The highest BCUT2D eigenvalue weighted by molar-refractivity contribution is 5.94. The van der Waals surface area contributed by atoms with Crippen LogP contribution >= 0.6 is 0 Å². The summed E-state index contributed by atoms with van der Waals surface area (Å²) in [5.74, 6) is 0.630. The Balaban J connectivity index is 1.60. The molecule has 1 aliphatic carbocycles. The Kier molecular flexibility index (Phi) is 5.11. The first-order valence-corrected chi connectivity index (χ1v) is 8.20. The molecule has 1 N–H and O–H groups in total. The van der Waals surface area contributed by atoms with Crippen molar-refractivity contribution in [3.8, 4) is 5.88 Å². The minimum atomic E-state index is -0.436. The molecule has 1 amide bonds. The van der Waals surface area contributed by atoms with Gasteiger partial charge in [-0.25, -0.2) is 4.98 Å². The molecule has 3 rings (SSSR count). The number of carbonyl (C=O) groups is 1. The van der Waals surface area contributed by atoms with E-state index in [1.807, 2.05) is 30.3 Å². The first-order valence-electron chi connectivity index (χ1n) is 8.20. The van der Waals surface area contributed by atoms with Gasteiger partial charge in [0.05, 0.1) is 6.10 Å². The summed E-state index contributed by atoms with van der Waals surface area (Å²) in [5, 5.41) is 9.99. The average molecular weight is 326 g/mol. The zero-order chi connectivity index (χ0) is 16.9. The molecule has 1 aromatic carbocycles. The quantitative estimate of drug-likeness (QED) is 0.849. The normalized spacial score (nSPS) is 14.9. The molecule has 2 aromatic rings. The number of aromatic nitrogens is 1. The number of aliphatic hydroxyl groups excluding tert-OH is 1. The van der Waals surface area contributed by atoms with Crippen molar-refractivity contribution in [1.29, 1.82) is 0 Å². The van der Waals surface area contributed by atoms with Gasteiger partial charge in [0.25, 0.3) is 5.91 Å². The first kappa shape index (κ1) is 16.5. The molecule has 5 nitrogen and oxygen atoms in total. The number of ether oxygens (including phenoxy) is 1. The Labute approximate surface area is 141 Å². The molecule has 1 fully saturated rings. The predicted molar refractivity (Wildman–Crippen MR) is 90.7 cm³/mol. The van der Waals surface area contributed by atoms with E-state index in [4.69, 9.17) is 4.74 Å². The number of nitrogens with zero attached hydrogens (tertiary/aromatic N) is 2. The fourth-order valence-corrected chi connectivity index (χ4v) is 2.57. The number of aliphatic hydroxyl groups is 1. The molecular weight excluding hydrogens is 304 g/mol. The molecule has 1 unspecified atom stereocenters. The van der Waals surface area contributed by atoms with Crippen LogP contribution in [0.4, 0.5) is 0 Å². The minimum absolute atomic E-state index is 0.137. The SMILES string of the molecule is CN(CC(O)C1CC1)C(=O)c1ccnc(OCc2ccccc2)c1. The lowest BCUT2D eigenvalue weighted by atomic mass is 10.2. The van der Waals surface area contributed by atoms with Crippen LogP contribution in [0.2, 0.25) is 0 Å². The number of amides is 1. The Morgan fingerprint density at radius 3 is 2.79 bits per heavy atom. The minimum Gasteiger partial charge on any atom is -0.473 e. The lowest BCUT2D eigenvalue weighted by Gasteiger charge is -2.21. The van der Waals surface area contributed by atoms with Crippen LogP contribution in [0.3, 0.4) is 0 Å². The summed E-state index contributed by atoms with van der Waals surface area (Å²) < 4.78 is 5.66. The Morgan fingerprint density at radius 2 is 2.08 bits per heavy atom. The van der Waals surface area contributed by atoms with Gasteiger partial charge in [-0.15, -0.1) is 0 Å². The van der Waals surface area contributed by atoms with E-state index in [9.17, 15) is 9.90 Å². The molecule has 0 radical (unpaired) electrons. The van der Waals surface area contributed by atoms with Crippen molar-refractivity contribution in [3.05, 3.63) is 59.8 Å². The summed E-state index contributed by atoms with van der Waals surface area (Å²) in [7, 11) is 1.71. The average Bonchev–Trinajstić information content (AvgIpc) is 3.45. The lowest BCUT2D eigenvalue weighted by molar-refractivity contribution is 0.0645. The van der Waals surface area contributed by atoms with Gasteiger partial charge in [0, 0.05) is 31.4 Å². The summed E-state index contributed by atoms with van der Waals surface area (Å²) in [5.41, 5.74) is 1.55. The molecule has 0 saturated heterocycles. The molecule has 1 aliphatic rings. The molecule has 0 spiro atoms. The van der Waals surface area contributed by atoms with E-state index in [1.54, 1.807) is 30.3 Å². The number of likely N-dealkylation sites (N-methyl/N-ethyl adjacent to an activating group) is 1. The third-order valence-electron chi connectivity index (χ3n) is 4.19. The second kappa shape index (κ2) is 7.45. The fraction of sp³-hybridized carbons (Fsp3) is 0.368. The van der Waals surface area contributed by atoms with Crippen LogP contribution in [0.15, 0.2) is 48.7 Å². The highest BCUT2D eigenvalue weighted by atomic mass is 16.5. The molecule has 1 aromatic heterocycles. The molecular formula is C19H22N2O3. The van der Waals surface area contributed by atoms with Crippen LogP contribution in [0.25, 0.3) is 0 Å². The molecule has 126 valence electrons. The maximum atomic E-state index is 12.5. The second-order valence-electron chi connectivity index (χ2n) is 6.25. The molecule has 24 heavy (non-hydrogen) atoms. The van der Waals surface area contributed by atoms with Crippen molar-refractivity contribution >= 4 is 5.91 Å². The van der Waals surface area contributed by atoms with Crippen molar-refractivity contribution in [2.45, 2.75) is 25.6 Å². The topological polar surface area (TPSA) is 62.7 Å². The summed E-state index contributed by atoms with van der Waals surface area (Å²) in [6.45, 7) is 0.758.